The van der Waals surface area contributed by atoms with Crippen molar-refractivity contribution in [2.24, 2.45) is 0 Å². The average Bonchev–Trinajstić information content (AvgIpc) is 3.14. The number of aliphatic carboxylic acids is 4. The molecule has 0 aromatic heterocycles. The third kappa shape index (κ3) is 13.2. The molecule has 2 aromatic carbocycles. The molecule has 13 nitrogen and oxygen atoms in total. The van der Waals surface area contributed by atoms with Crippen LogP contribution in [0, 0.1) is 0 Å². The molecule has 44 heavy (non-hydrogen) atoms. The molecule has 0 bridgehead atoms. The second-order valence-electron chi connectivity index (χ2n) is 9.39. The number of aliphatic hydroxyl groups excluding tert-OH is 1. The van der Waals surface area contributed by atoms with E-state index in [1.807, 2.05) is 17.8 Å². The molecule has 1 amide bonds. The molecule has 4 rings (SSSR count). The number of rotatable bonds is 9. The standard InChI is InChI=1S/C22H27N3O2S.2C4H4O4/c26-14-13-24-9-11-25(12-10-24)15-21(27)23-22-18-6-2-1-5-17(18)16-28-20-8-4-3-7-19(20)22;2*5-3(6)1-2-4(7)8/h1-8,22,26H,9-16H2,(H,23,27);2*1-2H,(H,5,6)(H,7,8)/b;2*2-1+. The summed E-state index contributed by atoms with van der Waals surface area (Å²) in [6, 6.07) is 16.7. The van der Waals surface area contributed by atoms with E-state index in [-0.39, 0.29) is 18.6 Å². The molecule has 1 atom stereocenters. The van der Waals surface area contributed by atoms with Gasteiger partial charge in [-0.2, -0.15) is 0 Å². The van der Waals surface area contributed by atoms with Crippen molar-refractivity contribution in [3.63, 3.8) is 0 Å². The molecule has 0 aliphatic carbocycles. The Labute approximate surface area is 258 Å². The van der Waals surface area contributed by atoms with Gasteiger partial charge in [-0.25, -0.2) is 19.2 Å². The van der Waals surface area contributed by atoms with Gasteiger partial charge in [-0.15, -0.1) is 11.8 Å². The van der Waals surface area contributed by atoms with Gasteiger partial charge in [0.1, 0.15) is 0 Å². The number of carboxylic acid groups (broad SMARTS) is 4. The third-order valence-electron chi connectivity index (χ3n) is 6.27. The Morgan fingerprint density at radius 2 is 1.20 bits per heavy atom. The molecule has 0 spiro atoms. The minimum absolute atomic E-state index is 0.0668. The summed E-state index contributed by atoms with van der Waals surface area (Å²) >= 11 is 1.84. The zero-order chi connectivity index (χ0) is 32.5. The molecule has 236 valence electrons. The molecule has 6 N–H and O–H groups in total. The molecule has 2 aliphatic rings. The highest BCUT2D eigenvalue weighted by Crippen LogP contribution is 2.39. The van der Waals surface area contributed by atoms with Crippen LogP contribution < -0.4 is 5.32 Å². The summed E-state index contributed by atoms with van der Waals surface area (Å²) in [7, 11) is 0. The summed E-state index contributed by atoms with van der Waals surface area (Å²) in [5.74, 6) is -4.04. The number of fused-ring (bicyclic) bond motifs is 2. The number of hydrogen-bond donors (Lipinski definition) is 6. The van der Waals surface area contributed by atoms with Gasteiger partial charge >= 0.3 is 23.9 Å². The summed E-state index contributed by atoms with van der Waals surface area (Å²) in [5.41, 5.74) is 3.66. The normalized spacial score (nSPS) is 16.2. The highest BCUT2D eigenvalue weighted by atomic mass is 32.2. The topological polar surface area (TPSA) is 205 Å². The number of piperazine rings is 1. The van der Waals surface area contributed by atoms with Gasteiger partial charge in [0, 0.05) is 67.7 Å². The first-order valence-electron chi connectivity index (χ1n) is 13.4. The first-order valence-corrected chi connectivity index (χ1v) is 14.4. The predicted molar refractivity (Wildman–Crippen MR) is 161 cm³/mol. The van der Waals surface area contributed by atoms with E-state index < -0.39 is 23.9 Å². The van der Waals surface area contributed by atoms with Crippen molar-refractivity contribution in [2.45, 2.75) is 16.7 Å². The number of β-amino-alcohol motifs (C(OH)–C–C–N with tert-alkyl or cyclic N) is 1. The van der Waals surface area contributed by atoms with Crippen LogP contribution in [0.3, 0.4) is 0 Å². The van der Waals surface area contributed by atoms with Gasteiger partial charge in [-0.05, 0) is 22.8 Å². The SMILES string of the molecule is O=C(CN1CCN(CCO)CC1)NC1c2ccccc2CSc2ccccc21.O=C(O)/C=C/C(=O)O.O=C(O)/C=C/C(=O)O. The van der Waals surface area contributed by atoms with Gasteiger partial charge in [-0.1, -0.05) is 42.5 Å². The summed E-state index contributed by atoms with van der Waals surface area (Å²) in [6.45, 7) is 4.86. The van der Waals surface area contributed by atoms with Crippen LogP contribution in [0.4, 0.5) is 0 Å². The minimum Gasteiger partial charge on any atom is -0.478 e. The third-order valence-corrected chi connectivity index (χ3v) is 7.41. The summed E-state index contributed by atoms with van der Waals surface area (Å²) in [6.07, 6.45) is 2.23. The molecule has 0 saturated carbocycles. The average molecular weight is 630 g/mol. The fourth-order valence-corrected chi connectivity index (χ4v) is 5.38. The Balaban J connectivity index is 0.000000349. The van der Waals surface area contributed by atoms with Crippen LogP contribution >= 0.6 is 11.8 Å². The molecular formula is C30H35N3O10S. The Hall–Kier alpha value is -4.50. The Morgan fingerprint density at radius 1 is 0.727 bits per heavy atom. The first kappa shape index (κ1) is 35.7. The highest BCUT2D eigenvalue weighted by molar-refractivity contribution is 7.98. The van der Waals surface area contributed by atoms with E-state index >= 15 is 0 Å². The van der Waals surface area contributed by atoms with E-state index in [1.54, 1.807) is 0 Å². The Kier molecular flexibility index (Phi) is 15.3. The molecule has 1 saturated heterocycles. The summed E-state index contributed by atoms with van der Waals surface area (Å²) in [5, 5.41) is 43.6. The van der Waals surface area contributed by atoms with E-state index in [9.17, 15) is 24.0 Å². The van der Waals surface area contributed by atoms with Crippen molar-refractivity contribution in [2.75, 3.05) is 45.9 Å². The van der Waals surface area contributed by atoms with Crippen LogP contribution in [0.15, 0.2) is 77.7 Å². The number of hydrogen-bond acceptors (Lipinski definition) is 9. The molecule has 0 radical (unpaired) electrons. The minimum atomic E-state index is -1.26. The molecule has 2 heterocycles. The van der Waals surface area contributed by atoms with Gasteiger partial charge in [-0.3, -0.25) is 14.6 Å². The fraction of sp³-hybridized carbons (Fsp3) is 0.300. The largest absolute Gasteiger partial charge is 0.478 e. The van der Waals surface area contributed by atoms with Crippen LogP contribution in [0.25, 0.3) is 0 Å². The van der Waals surface area contributed by atoms with Crippen molar-refractivity contribution in [3.8, 4) is 0 Å². The number of nitrogens with zero attached hydrogens (tertiary/aromatic N) is 2. The summed E-state index contributed by atoms with van der Waals surface area (Å²) in [4.78, 5) is 56.8. The maximum Gasteiger partial charge on any atom is 0.328 e. The van der Waals surface area contributed by atoms with Crippen molar-refractivity contribution < 1.29 is 49.5 Å². The van der Waals surface area contributed by atoms with Crippen molar-refractivity contribution in [1.29, 1.82) is 0 Å². The lowest BCUT2D eigenvalue weighted by molar-refractivity contribution is -0.134. The van der Waals surface area contributed by atoms with Gasteiger partial charge in [0.05, 0.1) is 19.2 Å². The van der Waals surface area contributed by atoms with Gasteiger partial charge in [0.2, 0.25) is 5.91 Å². The molecule has 1 fully saturated rings. The zero-order valence-electron chi connectivity index (χ0n) is 23.7. The van der Waals surface area contributed by atoms with Gasteiger partial charge in [0.15, 0.2) is 0 Å². The van der Waals surface area contributed by atoms with E-state index in [1.165, 1.54) is 21.6 Å². The number of nitrogens with one attached hydrogen (secondary N) is 1. The molecule has 1 unspecified atom stereocenters. The fourth-order valence-electron chi connectivity index (χ4n) is 4.28. The number of carbonyl (C=O) groups is 5. The molecule has 2 aliphatic heterocycles. The van der Waals surface area contributed by atoms with E-state index in [4.69, 9.17) is 25.5 Å². The van der Waals surface area contributed by atoms with Crippen LogP contribution in [-0.4, -0.2) is 111 Å². The lowest BCUT2D eigenvalue weighted by Gasteiger charge is -2.34. The maximum absolute atomic E-state index is 12.9. The summed E-state index contributed by atoms with van der Waals surface area (Å²) < 4.78 is 0. The zero-order valence-corrected chi connectivity index (χ0v) is 24.6. The number of thioether (sulfide) groups is 1. The number of carbonyl (C=O) groups excluding carboxylic acids is 1. The van der Waals surface area contributed by atoms with Crippen LogP contribution in [0.1, 0.15) is 22.7 Å². The second-order valence-corrected chi connectivity index (χ2v) is 10.4. The smallest absolute Gasteiger partial charge is 0.328 e. The van der Waals surface area contributed by atoms with E-state index in [0.29, 0.717) is 37.4 Å². The second kappa shape index (κ2) is 18.9. The van der Waals surface area contributed by atoms with E-state index in [2.05, 4.69) is 57.6 Å². The highest BCUT2D eigenvalue weighted by Gasteiger charge is 2.26. The molecule has 2 aromatic rings. The lowest BCUT2D eigenvalue weighted by Crippen LogP contribution is -2.50. The first-order chi connectivity index (χ1) is 21.0. The number of benzene rings is 2. The molecule has 14 heteroatoms. The Morgan fingerprint density at radius 3 is 1.73 bits per heavy atom. The van der Waals surface area contributed by atoms with Gasteiger partial charge < -0.3 is 30.8 Å². The maximum atomic E-state index is 12.9. The van der Waals surface area contributed by atoms with E-state index in [0.717, 1.165) is 31.9 Å². The number of carboxylic acids is 4. The lowest BCUT2D eigenvalue weighted by atomic mass is 9.95. The monoisotopic (exact) mass is 629 g/mol. The van der Waals surface area contributed by atoms with Crippen LogP contribution in [-0.2, 0) is 29.7 Å². The number of aliphatic hydroxyl groups is 1. The van der Waals surface area contributed by atoms with Crippen molar-refractivity contribution >= 4 is 41.5 Å². The quantitative estimate of drug-likeness (QED) is 0.218. The molecular weight excluding hydrogens is 594 g/mol. The van der Waals surface area contributed by atoms with Crippen LogP contribution in [0.5, 0.6) is 0 Å². The van der Waals surface area contributed by atoms with Crippen LogP contribution in [0.2, 0.25) is 0 Å². The predicted octanol–water partition coefficient (Wildman–Crippen LogP) is 1.53. The number of amides is 1. The van der Waals surface area contributed by atoms with Gasteiger partial charge in [0.25, 0.3) is 0 Å². The van der Waals surface area contributed by atoms with Crippen molar-refractivity contribution in [1.82, 2.24) is 15.1 Å². The van der Waals surface area contributed by atoms with Crippen molar-refractivity contribution in [3.05, 3.63) is 89.5 Å². The Bertz CT molecular complexity index is 1240.